The van der Waals surface area contributed by atoms with Crippen molar-refractivity contribution in [2.75, 3.05) is 5.73 Å². The molecule has 0 atom stereocenters. The van der Waals surface area contributed by atoms with Crippen LogP contribution in [0.4, 0.5) is 5.82 Å². The first-order chi connectivity index (χ1) is 10.6. The van der Waals surface area contributed by atoms with Gasteiger partial charge in [-0.05, 0) is 30.3 Å². The molecule has 1 aromatic heterocycles. The van der Waals surface area contributed by atoms with E-state index in [1.807, 2.05) is 18.2 Å². The molecule has 0 saturated carbocycles. The van der Waals surface area contributed by atoms with Gasteiger partial charge in [0, 0.05) is 16.7 Å². The average Bonchev–Trinajstić information content (AvgIpc) is 2.89. The van der Waals surface area contributed by atoms with E-state index in [1.54, 1.807) is 41.1 Å². The summed E-state index contributed by atoms with van der Waals surface area (Å²) in [5.41, 5.74) is 8.76. The lowest BCUT2D eigenvalue weighted by Gasteiger charge is -2.06. The molecular formula is C16H10Cl2N4. The van der Waals surface area contributed by atoms with Crippen LogP contribution in [0.1, 0.15) is 5.56 Å². The zero-order chi connectivity index (χ0) is 15.7. The number of aromatic nitrogens is 2. The molecule has 0 bridgehead atoms. The van der Waals surface area contributed by atoms with Crippen LogP contribution >= 0.6 is 23.2 Å². The first-order valence-corrected chi connectivity index (χ1v) is 7.15. The summed E-state index contributed by atoms with van der Waals surface area (Å²) in [4.78, 5) is 0. The van der Waals surface area contributed by atoms with Crippen molar-refractivity contribution in [3.05, 3.63) is 64.1 Å². The molecule has 0 radical (unpaired) electrons. The minimum Gasteiger partial charge on any atom is -0.384 e. The maximum Gasteiger partial charge on any atom is 0.127 e. The molecule has 0 saturated heterocycles. The monoisotopic (exact) mass is 328 g/mol. The summed E-state index contributed by atoms with van der Waals surface area (Å²) in [5.74, 6) is 0.455. The molecule has 0 spiro atoms. The summed E-state index contributed by atoms with van der Waals surface area (Å²) >= 11 is 12.1. The second kappa shape index (κ2) is 5.72. The number of hydrogen-bond acceptors (Lipinski definition) is 3. The van der Waals surface area contributed by atoms with Crippen molar-refractivity contribution in [1.82, 2.24) is 9.78 Å². The Morgan fingerprint density at radius 1 is 1.05 bits per heavy atom. The third-order valence-electron chi connectivity index (χ3n) is 3.18. The predicted molar refractivity (Wildman–Crippen MR) is 88.1 cm³/mol. The van der Waals surface area contributed by atoms with E-state index in [-0.39, 0.29) is 0 Å². The van der Waals surface area contributed by atoms with E-state index in [9.17, 15) is 0 Å². The van der Waals surface area contributed by atoms with E-state index in [0.717, 1.165) is 11.3 Å². The van der Waals surface area contributed by atoms with Crippen LogP contribution in [-0.2, 0) is 0 Å². The summed E-state index contributed by atoms with van der Waals surface area (Å²) in [6.45, 7) is 0. The number of nitriles is 1. The van der Waals surface area contributed by atoms with Crippen LogP contribution in [0.25, 0.3) is 16.9 Å². The van der Waals surface area contributed by atoms with Gasteiger partial charge in [-0.2, -0.15) is 10.4 Å². The highest BCUT2D eigenvalue weighted by molar-refractivity contribution is 6.32. The molecule has 0 aliphatic heterocycles. The lowest BCUT2D eigenvalue weighted by Crippen LogP contribution is -2.02. The van der Waals surface area contributed by atoms with Gasteiger partial charge in [0.15, 0.2) is 0 Å². The van der Waals surface area contributed by atoms with Gasteiger partial charge in [0.25, 0.3) is 0 Å². The zero-order valence-corrected chi connectivity index (χ0v) is 12.8. The largest absolute Gasteiger partial charge is 0.384 e. The lowest BCUT2D eigenvalue weighted by atomic mass is 10.1. The minimum absolute atomic E-state index is 0.413. The first kappa shape index (κ1) is 14.5. The second-order valence-electron chi connectivity index (χ2n) is 4.65. The molecule has 6 heteroatoms. The fourth-order valence-corrected chi connectivity index (χ4v) is 2.49. The summed E-state index contributed by atoms with van der Waals surface area (Å²) in [6.07, 6.45) is 0. The van der Waals surface area contributed by atoms with E-state index >= 15 is 0 Å². The molecule has 0 amide bonds. The van der Waals surface area contributed by atoms with Crippen molar-refractivity contribution in [2.45, 2.75) is 0 Å². The Morgan fingerprint density at radius 3 is 2.41 bits per heavy atom. The predicted octanol–water partition coefficient (Wildman–Crippen LogP) is 4.30. The molecule has 3 aromatic rings. The highest BCUT2D eigenvalue weighted by Gasteiger charge is 2.12. The highest BCUT2D eigenvalue weighted by atomic mass is 35.5. The average molecular weight is 329 g/mol. The smallest absolute Gasteiger partial charge is 0.127 e. The number of hydrogen-bond donors (Lipinski definition) is 1. The number of anilines is 1. The molecule has 0 aliphatic rings. The van der Waals surface area contributed by atoms with Gasteiger partial charge in [-0.3, -0.25) is 0 Å². The SMILES string of the molecule is N#Cc1ccc(-n2nc(-c3ccc(Cl)cc3)cc2N)c(Cl)c1. The van der Waals surface area contributed by atoms with E-state index < -0.39 is 0 Å². The maximum absolute atomic E-state index is 8.89. The minimum atomic E-state index is 0.413. The van der Waals surface area contributed by atoms with Crippen molar-refractivity contribution >= 4 is 29.0 Å². The van der Waals surface area contributed by atoms with Crippen LogP contribution in [0.2, 0.25) is 10.0 Å². The number of benzene rings is 2. The molecule has 0 fully saturated rings. The topological polar surface area (TPSA) is 67.6 Å². The van der Waals surface area contributed by atoms with Gasteiger partial charge in [-0.15, -0.1) is 0 Å². The summed E-state index contributed by atoms with van der Waals surface area (Å²) in [6, 6.07) is 16.1. The Morgan fingerprint density at radius 2 is 1.77 bits per heavy atom. The maximum atomic E-state index is 8.89. The van der Waals surface area contributed by atoms with Crippen LogP contribution < -0.4 is 5.73 Å². The van der Waals surface area contributed by atoms with E-state index in [0.29, 0.717) is 27.1 Å². The number of nitrogens with two attached hydrogens (primary N) is 1. The van der Waals surface area contributed by atoms with Crippen LogP contribution in [0.3, 0.4) is 0 Å². The van der Waals surface area contributed by atoms with Crippen molar-refractivity contribution in [2.24, 2.45) is 0 Å². The Hall–Kier alpha value is -2.48. The zero-order valence-electron chi connectivity index (χ0n) is 11.3. The van der Waals surface area contributed by atoms with Crippen molar-refractivity contribution in [3.8, 4) is 23.0 Å². The highest BCUT2D eigenvalue weighted by Crippen LogP contribution is 2.28. The number of halogens is 2. The fraction of sp³-hybridized carbons (Fsp3) is 0. The molecule has 3 rings (SSSR count). The van der Waals surface area contributed by atoms with Crippen molar-refractivity contribution in [1.29, 1.82) is 5.26 Å². The van der Waals surface area contributed by atoms with E-state index in [2.05, 4.69) is 5.10 Å². The molecule has 108 valence electrons. The summed E-state index contributed by atoms with van der Waals surface area (Å²) in [7, 11) is 0. The van der Waals surface area contributed by atoms with Crippen molar-refractivity contribution < 1.29 is 0 Å². The lowest BCUT2D eigenvalue weighted by molar-refractivity contribution is 0.895. The Bertz CT molecular complexity index is 876. The third kappa shape index (κ3) is 2.64. The Kier molecular flexibility index (Phi) is 3.76. The quantitative estimate of drug-likeness (QED) is 0.762. The standard InChI is InChI=1S/C16H10Cl2N4/c17-12-4-2-11(3-5-12)14-8-16(20)22(21-14)15-6-1-10(9-19)7-13(15)18/h1-8H,20H2. The first-order valence-electron chi connectivity index (χ1n) is 6.40. The molecule has 0 unspecified atom stereocenters. The molecule has 2 aromatic carbocycles. The van der Waals surface area contributed by atoms with Crippen LogP contribution in [0.5, 0.6) is 0 Å². The van der Waals surface area contributed by atoms with Gasteiger partial charge in [0.05, 0.1) is 28.0 Å². The van der Waals surface area contributed by atoms with E-state index in [4.69, 9.17) is 34.2 Å². The summed E-state index contributed by atoms with van der Waals surface area (Å²) in [5, 5.41) is 14.4. The van der Waals surface area contributed by atoms with Crippen LogP contribution in [-0.4, -0.2) is 9.78 Å². The van der Waals surface area contributed by atoms with Crippen LogP contribution in [0, 0.1) is 11.3 Å². The fourth-order valence-electron chi connectivity index (χ4n) is 2.10. The van der Waals surface area contributed by atoms with Crippen molar-refractivity contribution in [3.63, 3.8) is 0 Å². The van der Waals surface area contributed by atoms with E-state index in [1.165, 1.54) is 0 Å². The number of rotatable bonds is 2. The number of nitrogen functional groups attached to an aromatic ring is 1. The van der Waals surface area contributed by atoms with Gasteiger partial charge in [-0.25, -0.2) is 4.68 Å². The normalized spacial score (nSPS) is 10.4. The molecule has 2 N–H and O–H groups in total. The van der Waals surface area contributed by atoms with Gasteiger partial charge in [0.2, 0.25) is 0 Å². The molecule has 1 heterocycles. The summed E-state index contributed by atoms with van der Waals surface area (Å²) < 4.78 is 1.55. The molecule has 4 nitrogen and oxygen atoms in total. The van der Waals surface area contributed by atoms with Gasteiger partial charge in [0.1, 0.15) is 5.82 Å². The number of nitrogens with zero attached hydrogens (tertiary/aromatic N) is 3. The van der Waals surface area contributed by atoms with Crippen LogP contribution in [0.15, 0.2) is 48.5 Å². The molecular weight excluding hydrogens is 319 g/mol. The molecule has 22 heavy (non-hydrogen) atoms. The van der Waals surface area contributed by atoms with Gasteiger partial charge < -0.3 is 5.73 Å². The van der Waals surface area contributed by atoms with Gasteiger partial charge >= 0.3 is 0 Å². The van der Waals surface area contributed by atoms with Gasteiger partial charge in [-0.1, -0.05) is 35.3 Å². The Labute approximate surface area is 137 Å². The second-order valence-corrected chi connectivity index (χ2v) is 5.49. The Balaban J connectivity index is 2.06. The molecule has 0 aliphatic carbocycles. The third-order valence-corrected chi connectivity index (χ3v) is 3.74.